The van der Waals surface area contributed by atoms with E-state index in [1.165, 1.54) is 5.57 Å². The van der Waals surface area contributed by atoms with Gasteiger partial charge in [-0.05, 0) is 19.2 Å². The maximum atomic E-state index is 4.33. The SMILES string of the molecule is CC(C)P(c1ncc[nH]1)C(C)C. The van der Waals surface area contributed by atoms with Crippen molar-refractivity contribution in [1.82, 2.24) is 9.97 Å². The lowest BCUT2D eigenvalue weighted by Gasteiger charge is -2.22. The number of nitrogens with one attached hydrogen (secondary N) is 1. The van der Waals surface area contributed by atoms with Gasteiger partial charge in [0.15, 0.2) is 0 Å². The van der Waals surface area contributed by atoms with Crippen molar-refractivity contribution in [1.29, 1.82) is 0 Å². The largest absolute Gasteiger partial charge is 0.345 e. The minimum absolute atomic E-state index is 0.103. The van der Waals surface area contributed by atoms with Gasteiger partial charge in [-0.2, -0.15) is 0 Å². The summed E-state index contributed by atoms with van der Waals surface area (Å²) in [6, 6.07) is 0. The van der Waals surface area contributed by atoms with Crippen molar-refractivity contribution in [3.8, 4) is 0 Å². The Labute approximate surface area is 75.5 Å². The van der Waals surface area contributed by atoms with Crippen LogP contribution in [0.2, 0.25) is 0 Å². The third kappa shape index (κ3) is 2.07. The Morgan fingerprint density at radius 3 is 2.17 bits per heavy atom. The molecule has 0 unspecified atom stereocenters. The van der Waals surface area contributed by atoms with Gasteiger partial charge in [-0.3, -0.25) is 0 Å². The van der Waals surface area contributed by atoms with E-state index < -0.39 is 0 Å². The van der Waals surface area contributed by atoms with Crippen LogP contribution in [0.1, 0.15) is 27.7 Å². The van der Waals surface area contributed by atoms with E-state index in [-0.39, 0.29) is 7.92 Å². The molecule has 1 N–H and O–H groups in total. The molecule has 0 aromatic carbocycles. The highest BCUT2D eigenvalue weighted by Gasteiger charge is 2.20. The molecule has 12 heavy (non-hydrogen) atoms. The molecule has 0 spiro atoms. The number of hydrogen-bond donors (Lipinski definition) is 1. The minimum atomic E-state index is -0.103. The molecule has 1 aromatic heterocycles. The van der Waals surface area contributed by atoms with Gasteiger partial charge in [-0.25, -0.2) is 4.98 Å². The molecule has 0 saturated heterocycles. The number of H-pyrrole nitrogens is 1. The summed E-state index contributed by atoms with van der Waals surface area (Å²) in [5, 5.41) is 0. The van der Waals surface area contributed by atoms with Crippen LogP contribution in [0, 0.1) is 0 Å². The molecule has 0 radical (unpaired) electrons. The van der Waals surface area contributed by atoms with Crippen LogP contribution in [0.4, 0.5) is 0 Å². The predicted molar refractivity (Wildman–Crippen MR) is 55.4 cm³/mol. The fraction of sp³-hybridized carbons (Fsp3) is 0.667. The van der Waals surface area contributed by atoms with Gasteiger partial charge in [0.05, 0.1) is 0 Å². The molecule has 0 bridgehead atoms. The Kier molecular flexibility index (Phi) is 3.28. The molecule has 0 atom stereocenters. The first kappa shape index (κ1) is 9.73. The van der Waals surface area contributed by atoms with Crippen LogP contribution >= 0.6 is 7.92 Å². The van der Waals surface area contributed by atoms with E-state index >= 15 is 0 Å². The smallest absolute Gasteiger partial charge is 0.129 e. The maximum absolute atomic E-state index is 4.33. The molecule has 3 heteroatoms. The van der Waals surface area contributed by atoms with Gasteiger partial charge in [-0.1, -0.05) is 27.7 Å². The van der Waals surface area contributed by atoms with E-state index in [0.717, 1.165) is 0 Å². The predicted octanol–water partition coefficient (Wildman–Crippen LogP) is 2.33. The van der Waals surface area contributed by atoms with Crippen molar-refractivity contribution < 1.29 is 0 Å². The highest BCUT2D eigenvalue weighted by Crippen LogP contribution is 2.43. The van der Waals surface area contributed by atoms with Crippen molar-refractivity contribution in [3.05, 3.63) is 12.4 Å². The second kappa shape index (κ2) is 4.04. The van der Waals surface area contributed by atoms with E-state index in [0.29, 0.717) is 11.3 Å². The Hall–Kier alpha value is -0.360. The van der Waals surface area contributed by atoms with Crippen LogP contribution in [0.15, 0.2) is 12.4 Å². The number of imidazole rings is 1. The second-order valence-corrected chi connectivity index (χ2v) is 6.81. The number of aromatic amines is 1. The molecule has 0 aliphatic rings. The van der Waals surface area contributed by atoms with Crippen LogP contribution in [0.3, 0.4) is 0 Å². The van der Waals surface area contributed by atoms with Crippen molar-refractivity contribution >= 4 is 13.5 Å². The van der Waals surface area contributed by atoms with E-state index in [9.17, 15) is 0 Å². The standard InChI is InChI=1S/C9H17N2P/c1-7(2)12(8(3)4)9-10-5-6-11-9/h5-8H,1-4H3,(H,10,11). The van der Waals surface area contributed by atoms with Crippen molar-refractivity contribution in [3.63, 3.8) is 0 Å². The molecule has 0 fully saturated rings. The minimum Gasteiger partial charge on any atom is -0.345 e. The van der Waals surface area contributed by atoms with Gasteiger partial charge in [-0.15, -0.1) is 0 Å². The Balaban J connectivity index is 2.81. The number of rotatable bonds is 3. The first-order valence-corrected chi connectivity index (χ1v) is 5.88. The van der Waals surface area contributed by atoms with E-state index in [2.05, 4.69) is 37.7 Å². The van der Waals surface area contributed by atoms with Crippen LogP contribution in [0.5, 0.6) is 0 Å². The molecule has 2 nitrogen and oxygen atoms in total. The molecule has 1 aromatic rings. The average Bonchev–Trinajstić information content (AvgIpc) is 2.37. The van der Waals surface area contributed by atoms with Crippen LogP contribution in [0.25, 0.3) is 0 Å². The van der Waals surface area contributed by atoms with E-state index in [1.54, 1.807) is 0 Å². The first-order chi connectivity index (χ1) is 5.63. The van der Waals surface area contributed by atoms with Gasteiger partial charge in [0.2, 0.25) is 0 Å². The summed E-state index contributed by atoms with van der Waals surface area (Å²) in [6.45, 7) is 9.09. The lowest BCUT2D eigenvalue weighted by atomic mass is 10.5. The monoisotopic (exact) mass is 184 g/mol. The van der Waals surface area contributed by atoms with Gasteiger partial charge in [0.25, 0.3) is 0 Å². The van der Waals surface area contributed by atoms with Crippen LogP contribution in [-0.4, -0.2) is 21.3 Å². The van der Waals surface area contributed by atoms with Crippen molar-refractivity contribution in [2.45, 2.75) is 39.0 Å². The number of nitrogens with zero attached hydrogens (tertiary/aromatic N) is 1. The zero-order valence-corrected chi connectivity index (χ0v) is 9.10. The third-order valence-corrected chi connectivity index (χ3v) is 4.80. The quantitative estimate of drug-likeness (QED) is 0.717. The van der Waals surface area contributed by atoms with Gasteiger partial charge in [0.1, 0.15) is 5.57 Å². The normalized spacial score (nSPS) is 11.9. The third-order valence-electron chi connectivity index (χ3n) is 1.84. The molecule has 1 heterocycles. The number of aromatic nitrogens is 2. The van der Waals surface area contributed by atoms with Gasteiger partial charge >= 0.3 is 0 Å². The maximum Gasteiger partial charge on any atom is 0.129 e. The molecule has 1 rings (SSSR count). The lowest BCUT2D eigenvalue weighted by molar-refractivity contribution is 1.01. The molecule has 68 valence electrons. The zero-order valence-electron chi connectivity index (χ0n) is 8.20. The van der Waals surface area contributed by atoms with Crippen molar-refractivity contribution in [2.75, 3.05) is 0 Å². The molecule has 0 saturated carbocycles. The summed E-state index contributed by atoms with van der Waals surface area (Å²) < 4.78 is 0. The summed E-state index contributed by atoms with van der Waals surface area (Å²) in [6.07, 6.45) is 3.75. The summed E-state index contributed by atoms with van der Waals surface area (Å²) in [5.74, 6) is 0. The molecular formula is C9H17N2P. The summed E-state index contributed by atoms with van der Waals surface area (Å²) >= 11 is 0. The fourth-order valence-electron chi connectivity index (χ4n) is 1.48. The summed E-state index contributed by atoms with van der Waals surface area (Å²) in [5.41, 5.74) is 2.62. The summed E-state index contributed by atoms with van der Waals surface area (Å²) in [7, 11) is -0.103. The second-order valence-electron chi connectivity index (χ2n) is 3.51. The van der Waals surface area contributed by atoms with Crippen LogP contribution < -0.4 is 5.57 Å². The topological polar surface area (TPSA) is 28.7 Å². The highest BCUT2D eigenvalue weighted by molar-refractivity contribution is 7.66. The van der Waals surface area contributed by atoms with Crippen LogP contribution in [-0.2, 0) is 0 Å². The molecule has 0 aliphatic carbocycles. The first-order valence-electron chi connectivity index (χ1n) is 4.40. The molecule has 0 amide bonds. The summed E-state index contributed by atoms with van der Waals surface area (Å²) in [4.78, 5) is 7.55. The average molecular weight is 184 g/mol. The zero-order chi connectivity index (χ0) is 9.14. The molecular weight excluding hydrogens is 167 g/mol. The van der Waals surface area contributed by atoms with E-state index in [4.69, 9.17) is 0 Å². The Morgan fingerprint density at radius 1 is 1.25 bits per heavy atom. The number of hydrogen-bond acceptors (Lipinski definition) is 1. The van der Waals surface area contributed by atoms with E-state index in [1.807, 2.05) is 12.4 Å². The Morgan fingerprint density at radius 2 is 1.83 bits per heavy atom. The van der Waals surface area contributed by atoms with Crippen molar-refractivity contribution in [2.24, 2.45) is 0 Å². The lowest BCUT2D eigenvalue weighted by Crippen LogP contribution is -2.17. The Bertz CT molecular complexity index is 208. The molecule has 0 aliphatic heterocycles. The van der Waals surface area contributed by atoms with Gasteiger partial charge in [0, 0.05) is 12.4 Å². The van der Waals surface area contributed by atoms with Gasteiger partial charge < -0.3 is 4.98 Å². The highest BCUT2D eigenvalue weighted by atomic mass is 31.1. The fourth-order valence-corrected chi connectivity index (χ4v) is 4.08.